The van der Waals surface area contributed by atoms with E-state index in [0.717, 1.165) is 11.8 Å². The predicted octanol–water partition coefficient (Wildman–Crippen LogP) is 7.47. The lowest BCUT2D eigenvalue weighted by molar-refractivity contribution is 0.184. The highest BCUT2D eigenvalue weighted by atomic mass is 14.3. The van der Waals surface area contributed by atoms with Crippen LogP contribution in [0.25, 0.3) is 0 Å². The van der Waals surface area contributed by atoms with Crippen LogP contribution in [0.1, 0.15) is 107 Å². The highest BCUT2D eigenvalue weighted by molar-refractivity contribution is 4.76. The van der Waals surface area contributed by atoms with Crippen LogP contribution in [0.15, 0.2) is 0 Å². The first kappa shape index (κ1) is 20.0. The highest BCUT2D eigenvalue weighted by Crippen LogP contribution is 2.36. The first-order valence-corrected chi connectivity index (χ1v) is 9.09. The van der Waals surface area contributed by atoms with Crippen LogP contribution in [0.5, 0.6) is 0 Å². The summed E-state index contributed by atoms with van der Waals surface area (Å²) in [6.45, 7) is 19.2. The smallest absolute Gasteiger partial charge is 0.0354 e. The van der Waals surface area contributed by atoms with Crippen molar-refractivity contribution in [1.82, 2.24) is 0 Å². The monoisotopic (exact) mass is 282 g/mol. The average molecular weight is 283 g/mol. The van der Waals surface area contributed by atoms with Gasteiger partial charge in [-0.3, -0.25) is 0 Å². The molecule has 0 saturated carbocycles. The summed E-state index contributed by atoms with van der Waals surface area (Å²) in [5.41, 5.74) is 0.954. The van der Waals surface area contributed by atoms with Gasteiger partial charge in [-0.05, 0) is 35.5 Å². The molecule has 0 nitrogen and oxygen atoms in total. The van der Waals surface area contributed by atoms with Gasteiger partial charge in [-0.25, -0.2) is 0 Å². The average Bonchev–Trinajstić information content (AvgIpc) is 2.29. The maximum atomic E-state index is 2.44. The molecule has 0 bridgehead atoms. The second kappa shape index (κ2) is 9.11. The minimum Gasteiger partial charge on any atom is -0.0654 e. The zero-order chi connectivity index (χ0) is 15.8. The molecule has 2 atom stereocenters. The molecule has 0 rings (SSSR count). The van der Waals surface area contributed by atoms with Crippen molar-refractivity contribution >= 4 is 0 Å². The van der Waals surface area contributed by atoms with Crippen molar-refractivity contribution in [2.24, 2.45) is 22.7 Å². The van der Waals surface area contributed by atoms with Gasteiger partial charge in [0.1, 0.15) is 0 Å². The van der Waals surface area contributed by atoms with Crippen LogP contribution in [-0.4, -0.2) is 0 Å². The molecule has 0 saturated heterocycles. The van der Waals surface area contributed by atoms with Gasteiger partial charge in [0.15, 0.2) is 0 Å². The second-order valence-electron chi connectivity index (χ2n) is 9.11. The maximum Gasteiger partial charge on any atom is -0.0354 e. The summed E-state index contributed by atoms with van der Waals surface area (Å²) < 4.78 is 0. The number of rotatable bonds is 9. The summed E-state index contributed by atoms with van der Waals surface area (Å²) in [7, 11) is 0. The van der Waals surface area contributed by atoms with Crippen molar-refractivity contribution in [3.63, 3.8) is 0 Å². The third-order valence-corrected chi connectivity index (χ3v) is 5.30. The normalized spacial score (nSPS) is 16.2. The minimum absolute atomic E-state index is 0.471. The molecule has 0 amide bonds. The summed E-state index contributed by atoms with van der Waals surface area (Å²) >= 11 is 0. The van der Waals surface area contributed by atoms with Crippen LogP contribution in [0.3, 0.4) is 0 Å². The van der Waals surface area contributed by atoms with Gasteiger partial charge in [0.2, 0.25) is 0 Å². The van der Waals surface area contributed by atoms with E-state index < -0.39 is 0 Å². The molecule has 0 aromatic rings. The SMILES string of the molecule is CCCCCCC(CCCC(C)C(C)(C)C)C(C)(C)C. The van der Waals surface area contributed by atoms with Gasteiger partial charge >= 0.3 is 0 Å². The first-order chi connectivity index (χ1) is 9.09. The molecule has 0 aliphatic carbocycles. The summed E-state index contributed by atoms with van der Waals surface area (Å²) in [6.07, 6.45) is 11.3. The van der Waals surface area contributed by atoms with Crippen molar-refractivity contribution in [2.45, 2.75) is 107 Å². The lowest BCUT2D eigenvalue weighted by Crippen LogP contribution is -2.22. The Balaban J connectivity index is 4.12. The largest absolute Gasteiger partial charge is 0.0654 e. The zero-order valence-electron chi connectivity index (χ0n) is 15.8. The first-order valence-electron chi connectivity index (χ1n) is 9.09. The second-order valence-corrected chi connectivity index (χ2v) is 9.11. The van der Waals surface area contributed by atoms with Crippen molar-refractivity contribution in [3.8, 4) is 0 Å². The summed E-state index contributed by atoms with van der Waals surface area (Å²) in [5.74, 6) is 1.75. The lowest BCUT2D eigenvalue weighted by atomic mass is 9.73. The van der Waals surface area contributed by atoms with Gasteiger partial charge in [-0.1, -0.05) is 93.9 Å². The summed E-state index contributed by atoms with van der Waals surface area (Å²) in [5, 5.41) is 0. The molecule has 0 N–H and O–H groups in total. The minimum atomic E-state index is 0.471. The zero-order valence-corrected chi connectivity index (χ0v) is 15.8. The molecule has 0 aromatic heterocycles. The Kier molecular flexibility index (Phi) is 9.11. The van der Waals surface area contributed by atoms with E-state index >= 15 is 0 Å². The molecule has 0 aliphatic heterocycles. The third-order valence-electron chi connectivity index (χ3n) is 5.30. The Morgan fingerprint density at radius 2 is 1.20 bits per heavy atom. The number of hydrogen-bond acceptors (Lipinski definition) is 0. The number of unbranched alkanes of at least 4 members (excludes halogenated alkanes) is 3. The summed E-state index contributed by atoms with van der Waals surface area (Å²) in [6, 6.07) is 0. The van der Waals surface area contributed by atoms with Crippen LogP contribution >= 0.6 is 0 Å². The Hall–Kier alpha value is 0. The van der Waals surface area contributed by atoms with E-state index in [1.165, 1.54) is 51.4 Å². The van der Waals surface area contributed by atoms with E-state index in [0.29, 0.717) is 10.8 Å². The highest BCUT2D eigenvalue weighted by Gasteiger charge is 2.25. The molecule has 0 fully saturated rings. The van der Waals surface area contributed by atoms with E-state index in [4.69, 9.17) is 0 Å². The topological polar surface area (TPSA) is 0 Å². The van der Waals surface area contributed by atoms with Gasteiger partial charge in [0.05, 0.1) is 0 Å². The fraction of sp³-hybridized carbons (Fsp3) is 1.00. The Bertz CT molecular complexity index is 225. The third kappa shape index (κ3) is 9.03. The van der Waals surface area contributed by atoms with Crippen molar-refractivity contribution in [1.29, 1.82) is 0 Å². The molecule has 2 unspecified atom stereocenters. The molecule has 0 aliphatic rings. The predicted molar refractivity (Wildman–Crippen MR) is 94.2 cm³/mol. The van der Waals surface area contributed by atoms with Crippen LogP contribution < -0.4 is 0 Å². The molecule has 122 valence electrons. The Morgan fingerprint density at radius 3 is 1.65 bits per heavy atom. The quantitative estimate of drug-likeness (QED) is 0.385. The van der Waals surface area contributed by atoms with Gasteiger partial charge in [-0.15, -0.1) is 0 Å². The van der Waals surface area contributed by atoms with E-state index in [1.807, 2.05) is 0 Å². The molecule has 0 radical (unpaired) electrons. The molecule has 0 heteroatoms. The van der Waals surface area contributed by atoms with Gasteiger partial charge in [-0.2, -0.15) is 0 Å². The molecule has 20 heavy (non-hydrogen) atoms. The molecule has 0 aromatic carbocycles. The fourth-order valence-corrected chi connectivity index (χ4v) is 2.93. The van der Waals surface area contributed by atoms with Crippen LogP contribution in [0, 0.1) is 22.7 Å². The van der Waals surface area contributed by atoms with Crippen LogP contribution in [-0.2, 0) is 0 Å². The van der Waals surface area contributed by atoms with Gasteiger partial charge < -0.3 is 0 Å². The fourth-order valence-electron chi connectivity index (χ4n) is 2.93. The van der Waals surface area contributed by atoms with Gasteiger partial charge in [0, 0.05) is 0 Å². The van der Waals surface area contributed by atoms with E-state index in [9.17, 15) is 0 Å². The molecular formula is C20H42. The lowest BCUT2D eigenvalue weighted by Gasteiger charge is -2.32. The summed E-state index contributed by atoms with van der Waals surface area (Å²) in [4.78, 5) is 0. The molecule has 0 heterocycles. The van der Waals surface area contributed by atoms with E-state index in [-0.39, 0.29) is 0 Å². The molecule has 0 spiro atoms. The van der Waals surface area contributed by atoms with Crippen molar-refractivity contribution in [3.05, 3.63) is 0 Å². The van der Waals surface area contributed by atoms with Crippen LogP contribution in [0.2, 0.25) is 0 Å². The Labute approximate surface area is 130 Å². The van der Waals surface area contributed by atoms with Crippen LogP contribution in [0.4, 0.5) is 0 Å². The van der Waals surface area contributed by atoms with Gasteiger partial charge in [0.25, 0.3) is 0 Å². The van der Waals surface area contributed by atoms with Crippen molar-refractivity contribution < 1.29 is 0 Å². The maximum absolute atomic E-state index is 2.44. The molecular weight excluding hydrogens is 240 g/mol. The van der Waals surface area contributed by atoms with Crippen molar-refractivity contribution in [2.75, 3.05) is 0 Å². The standard InChI is InChI=1S/C20H42/c1-9-10-11-12-15-18(20(6,7)8)16-13-14-17(2)19(3,4)5/h17-18H,9-16H2,1-8H3. The van der Waals surface area contributed by atoms with E-state index in [1.54, 1.807) is 0 Å². The number of hydrogen-bond donors (Lipinski definition) is 0. The Morgan fingerprint density at radius 1 is 0.650 bits per heavy atom. The van der Waals surface area contributed by atoms with E-state index in [2.05, 4.69) is 55.4 Å².